The molecule has 0 aromatic heterocycles. The van der Waals surface area contributed by atoms with Crippen molar-refractivity contribution >= 4 is 41.4 Å². The van der Waals surface area contributed by atoms with Crippen molar-refractivity contribution in [1.29, 1.82) is 0 Å². The second-order valence-corrected chi connectivity index (χ2v) is 13.7. The standard InChI is InChI=1S/C34H53N7O11/c1-17(2)13-22(30(47)40-28(18(3)4)32(49)38-23(34(51)52)14-20-8-10-21(44)11-9-20)37-26(45)15-36-29(46)24(16-42)39-31(48)25-7-6-12-41(25)33(50)27(35)19(5)43/h8-11,17-19,22-25,27-28,42-44H,6-7,12-16,35H2,1-5H3,(H,36,46)(H,37,45)(H,38,49)(H,39,48)(H,40,47)(H,51,52)/t19-,22+,23+,24+,25+,27+,28+/m1/s1. The minimum absolute atomic E-state index is 0.00586. The summed E-state index contributed by atoms with van der Waals surface area (Å²) in [6, 6.07) is -1.57. The molecule has 7 atom stereocenters. The molecule has 6 amide bonds. The Morgan fingerprint density at radius 3 is 2.04 bits per heavy atom. The van der Waals surface area contributed by atoms with Crippen LogP contribution in [0.3, 0.4) is 0 Å². The summed E-state index contributed by atoms with van der Waals surface area (Å²) in [6.45, 7) is 6.98. The lowest BCUT2D eigenvalue weighted by Crippen LogP contribution is -2.59. The third-order valence-electron chi connectivity index (χ3n) is 8.48. The van der Waals surface area contributed by atoms with Crippen LogP contribution in [0, 0.1) is 11.8 Å². The highest BCUT2D eigenvalue weighted by atomic mass is 16.4. The average molecular weight is 736 g/mol. The second-order valence-electron chi connectivity index (χ2n) is 13.7. The lowest BCUT2D eigenvalue weighted by Gasteiger charge is -2.28. The summed E-state index contributed by atoms with van der Waals surface area (Å²) in [5.41, 5.74) is 6.29. The summed E-state index contributed by atoms with van der Waals surface area (Å²) in [6.07, 6.45) is -0.354. The number of nitrogens with one attached hydrogen (secondary N) is 5. The zero-order valence-corrected chi connectivity index (χ0v) is 30.1. The number of aliphatic carboxylic acids is 1. The van der Waals surface area contributed by atoms with Crippen molar-refractivity contribution in [1.82, 2.24) is 31.5 Å². The van der Waals surface area contributed by atoms with Gasteiger partial charge < -0.3 is 57.6 Å². The third kappa shape index (κ3) is 13.1. The van der Waals surface area contributed by atoms with E-state index in [0.29, 0.717) is 12.0 Å². The van der Waals surface area contributed by atoms with E-state index in [0.717, 1.165) is 0 Å². The minimum atomic E-state index is -1.48. The van der Waals surface area contributed by atoms with E-state index in [2.05, 4.69) is 26.6 Å². The molecule has 11 N–H and O–H groups in total. The van der Waals surface area contributed by atoms with Gasteiger partial charge in [0.1, 0.15) is 42.0 Å². The molecule has 1 fully saturated rings. The molecule has 1 aliphatic heterocycles. The summed E-state index contributed by atoms with van der Waals surface area (Å²) in [5, 5.41) is 51.0. The molecule has 18 heteroatoms. The van der Waals surface area contributed by atoms with E-state index in [1.165, 1.54) is 36.1 Å². The second kappa shape index (κ2) is 20.3. The van der Waals surface area contributed by atoms with Gasteiger partial charge in [-0.3, -0.25) is 28.8 Å². The number of benzene rings is 1. The molecule has 52 heavy (non-hydrogen) atoms. The van der Waals surface area contributed by atoms with Crippen molar-refractivity contribution in [2.24, 2.45) is 17.6 Å². The van der Waals surface area contributed by atoms with Crippen molar-refractivity contribution in [2.75, 3.05) is 19.7 Å². The first kappa shape index (κ1) is 43.4. The van der Waals surface area contributed by atoms with E-state index in [-0.39, 0.29) is 37.5 Å². The number of amides is 6. The number of likely N-dealkylation sites (tertiary alicyclic amines) is 1. The van der Waals surface area contributed by atoms with Gasteiger partial charge in [0.15, 0.2) is 0 Å². The fourth-order valence-corrected chi connectivity index (χ4v) is 5.52. The minimum Gasteiger partial charge on any atom is -0.508 e. The lowest BCUT2D eigenvalue weighted by molar-refractivity contribution is -0.142. The van der Waals surface area contributed by atoms with Crippen molar-refractivity contribution in [3.8, 4) is 5.75 Å². The number of carbonyl (C=O) groups is 7. The topological polar surface area (TPSA) is 290 Å². The highest BCUT2D eigenvalue weighted by molar-refractivity contribution is 5.96. The molecule has 0 unspecified atom stereocenters. The molecular formula is C34H53N7O11. The number of nitrogens with zero attached hydrogens (tertiary/aromatic N) is 1. The van der Waals surface area contributed by atoms with E-state index in [1.54, 1.807) is 27.7 Å². The van der Waals surface area contributed by atoms with Gasteiger partial charge in [0, 0.05) is 13.0 Å². The van der Waals surface area contributed by atoms with Crippen molar-refractivity contribution < 1.29 is 54.0 Å². The zero-order valence-electron chi connectivity index (χ0n) is 30.1. The van der Waals surface area contributed by atoms with E-state index < -0.39 is 103 Å². The van der Waals surface area contributed by atoms with Gasteiger partial charge in [-0.1, -0.05) is 39.8 Å². The quantitative estimate of drug-likeness (QED) is 0.0704. The Hall–Kier alpha value is -4.81. The number of aliphatic hydroxyl groups is 2. The molecule has 1 aliphatic rings. The molecule has 1 heterocycles. The number of phenolic OH excluding ortho intramolecular Hbond substituents is 1. The molecule has 18 nitrogen and oxygen atoms in total. The number of carbonyl (C=O) groups excluding carboxylic acids is 6. The molecule has 1 aromatic carbocycles. The Labute approximate surface area is 302 Å². The van der Waals surface area contributed by atoms with Crippen LogP contribution in [0.4, 0.5) is 0 Å². The monoisotopic (exact) mass is 735 g/mol. The number of hydrogen-bond acceptors (Lipinski definition) is 11. The van der Waals surface area contributed by atoms with Gasteiger partial charge in [0.25, 0.3) is 0 Å². The van der Waals surface area contributed by atoms with Crippen LogP contribution in [0.1, 0.15) is 59.4 Å². The largest absolute Gasteiger partial charge is 0.508 e. The van der Waals surface area contributed by atoms with E-state index >= 15 is 0 Å². The van der Waals surface area contributed by atoms with Crippen LogP contribution in [0.5, 0.6) is 5.75 Å². The van der Waals surface area contributed by atoms with Crippen LogP contribution >= 0.6 is 0 Å². The highest BCUT2D eigenvalue weighted by Gasteiger charge is 2.38. The molecule has 0 aliphatic carbocycles. The maximum atomic E-state index is 13.4. The Balaban J connectivity index is 2.02. The van der Waals surface area contributed by atoms with Gasteiger partial charge >= 0.3 is 5.97 Å². The summed E-state index contributed by atoms with van der Waals surface area (Å²) in [4.78, 5) is 91.1. The molecule has 0 spiro atoms. The molecular weight excluding hydrogens is 682 g/mol. The van der Waals surface area contributed by atoms with Crippen LogP contribution < -0.4 is 32.3 Å². The number of carboxylic acid groups (broad SMARTS) is 1. The van der Waals surface area contributed by atoms with Gasteiger partial charge in [-0.2, -0.15) is 0 Å². The maximum Gasteiger partial charge on any atom is 0.326 e. The first-order chi connectivity index (χ1) is 24.4. The normalized spacial score (nSPS) is 17.7. The number of aromatic hydroxyl groups is 1. The van der Waals surface area contributed by atoms with Crippen molar-refractivity contribution in [3.05, 3.63) is 29.8 Å². The molecule has 1 aromatic rings. The van der Waals surface area contributed by atoms with Gasteiger partial charge in [0.2, 0.25) is 35.4 Å². The Morgan fingerprint density at radius 1 is 0.865 bits per heavy atom. The van der Waals surface area contributed by atoms with Crippen LogP contribution in [0.15, 0.2) is 24.3 Å². The molecule has 0 radical (unpaired) electrons. The number of rotatable bonds is 19. The van der Waals surface area contributed by atoms with Crippen LogP contribution in [-0.4, -0.2) is 129 Å². The zero-order chi connectivity index (χ0) is 39.3. The number of aliphatic hydroxyl groups excluding tert-OH is 2. The lowest BCUT2D eigenvalue weighted by atomic mass is 9.99. The highest BCUT2D eigenvalue weighted by Crippen LogP contribution is 2.19. The SMILES string of the molecule is CC(C)C[C@H](NC(=O)CNC(=O)[C@H](CO)NC(=O)[C@@H]1CCCN1C(=O)[C@@H](N)[C@@H](C)O)C(=O)N[C@H](C(=O)N[C@@H](Cc1ccc(O)cc1)C(=O)O)C(C)C. The third-order valence-corrected chi connectivity index (χ3v) is 8.48. The molecule has 290 valence electrons. The van der Waals surface area contributed by atoms with Gasteiger partial charge in [-0.25, -0.2) is 4.79 Å². The van der Waals surface area contributed by atoms with Crippen molar-refractivity contribution in [3.63, 3.8) is 0 Å². The molecule has 0 saturated carbocycles. The molecule has 0 bridgehead atoms. The van der Waals surface area contributed by atoms with Gasteiger partial charge in [-0.15, -0.1) is 0 Å². The van der Waals surface area contributed by atoms with Gasteiger partial charge in [-0.05, 0) is 55.7 Å². The average Bonchev–Trinajstić information content (AvgIpc) is 3.57. The number of carboxylic acids is 1. The predicted molar refractivity (Wildman–Crippen MR) is 186 cm³/mol. The Kier molecular flexibility index (Phi) is 16.9. The van der Waals surface area contributed by atoms with E-state index in [1.807, 2.05) is 0 Å². The Morgan fingerprint density at radius 2 is 1.50 bits per heavy atom. The van der Waals surface area contributed by atoms with Crippen LogP contribution in [-0.2, 0) is 40.0 Å². The fraction of sp³-hybridized carbons (Fsp3) is 0.618. The number of hydrogen-bond donors (Lipinski definition) is 10. The van der Waals surface area contributed by atoms with E-state index in [4.69, 9.17) is 5.73 Å². The number of phenols is 1. The molecule has 2 rings (SSSR count). The first-order valence-corrected chi connectivity index (χ1v) is 17.2. The maximum absolute atomic E-state index is 13.4. The van der Waals surface area contributed by atoms with Crippen molar-refractivity contribution in [2.45, 2.75) is 103 Å². The van der Waals surface area contributed by atoms with Crippen LogP contribution in [0.2, 0.25) is 0 Å². The smallest absolute Gasteiger partial charge is 0.326 e. The van der Waals surface area contributed by atoms with Gasteiger partial charge in [0.05, 0.1) is 19.3 Å². The molecule has 1 saturated heterocycles. The van der Waals surface area contributed by atoms with Crippen LogP contribution in [0.25, 0.3) is 0 Å². The van der Waals surface area contributed by atoms with E-state index in [9.17, 15) is 54.0 Å². The fourth-order valence-electron chi connectivity index (χ4n) is 5.52. The number of nitrogens with two attached hydrogens (primary N) is 1. The Bertz CT molecular complexity index is 1420. The summed E-state index contributed by atoms with van der Waals surface area (Å²) in [5.74, 6) is -6.46. The summed E-state index contributed by atoms with van der Waals surface area (Å²) in [7, 11) is 0. The first-order valence-electron chi connectivity index (χ1n) is 17.2. The summed E-state index contributed by atoms with van der Waals surface area (Å²) < 4.78 is 0. The summed E-state index contributed by atoms with van der Waals surface area (Å²) >= 11 is 0. The predicted octanol–water partition coefficient (Wildman–Crippen LogP) is -2.53.